The zero-order chi connectivity index (χ0) is 20.3. The average Bonchev–Trinajstić information content (AvgIpc) is 2.98. The Bertz CT molecular complexity index is 951. The lowest BCUT2D eigenvalue weighted by atomic mass is 10.0. The van der Waals surface area contributed by atoms with Crippen LogP contribution in [-0.4, -0.2) is 34.4 Å². The minimum atomic E-state index is -0.539. The fourth-order valence-electron chi connectivity index (χ4n) is 2.76. The summed E-state index contributed by atoms with van der Waals surface area (Å²) in [5, 5.41) is 3.95. The molecule has 3 rings (SSSR count). The topological polar surface area (TPSA) is 97.4 Å². The van der Waals surface area contributed by atoms with Crippen LogP contribution in [0.3, 0.4) is 0 Å². The summed E-state index contributed by atoms with van der Waals surface area (Å²) < 4.78 is 19.3. The Hall–Kier alpha value is -2.94. The predicted octanol–water partition coefficient (Wildman–Crippen LogP) is 2.36. The molecule has 1 aliphatic heterocycles. The van der Waals surface area contributed by atoms with Crippen molar-refractivity contribution in [2.45, 2.75) is 25.1 Å². The maximum Gasteiger partial charge on any atom is 0.286 e. The maximum atomic E-state index is 14.1. The van der Waals surface area contributed by atoms with E-state index in [1.165, 1.54) is 13.2 Å². The van der Waals surface area contributed by atoms with Crippen molar-refractivity contribution in [3.05, 3.63) is 58.5 Å². The molecular formula is C19H18FN3O4S. The summed E-state index contributed by atoms with van der Waals surface area (Å²) in [5.74, 6) is -1.07. The van der Waals surface area contributed by atoms with Gasteiger partial charge in [0.2, 0.25) is 11.8 Å². The van der Waals surface area contributed by atoms with E-state index >= 15 is 0 Å². The lowest BCUT2D eigenvalue weighted by Gasteiger charge is -2.11. The van der Waals surface area contributed by atoms with Gasteiger partial charge >= 0.3 is 0 Å². The van der Waals surface area contributed by atoms with Gasteiger partial charge < -0.3 is 10.1 Å². The molecule has 1 fully saturated rings. The van der Waals surface area contributed by atoms with Gasteiger partial charge in [0, 0.05) is 17.8 Å². The number of nitrogens with zero attached hydrogens (tertiary/aromatic N) is 1. The van der Waals surface area contributed by atoms with E-state index in [-0.39, 0.29) is 34.7 Å². The number of imide groups is 1. The highest BCUT2D eigenvalue weighted by Crippen LogP contribution is 2.24. The minimum Gasteiger partial charge on any atom is -0.480 e. The molecule has 7 nitrogen and oxygen atoms in total. The maximum absolute atomic E-state index is 14.1. The number of pyridine rings is 1. The fraction of sp³-hybridized carbons (Fsp3) is 0.263. The number of hydrogen-bond acceptors (Lipinski definition) is 6. The molecule has 1 saturated heterocycles. The summed E-state index contributed by atoms with van der Waals surface area (Å²) in [6.07, 6.45) is 0.291. The number of carbonyl (C=O) groups excluding carboxylic acids is 3. The molecule has 28 heavy (non-hydrogen) atoms. The van der Waals surface area contributed by atoms with E-state index in [9.17, 15) is 18.8 Å². The smallest absolute Gasteiger partial charge is 0.286 e. The molecule has 2 aromatic rings. The number of methoxy groups -OCH3 is 1. The number of thioether (sulfide) groups is 1. The first kappa shape index (κ1) is 19.8. The molecular weight excluding hydrogens is 385 g/mol. The van der Waals surface area contributed by atoms with Crippen LogP contribution in [0.1, 0.15) is 27.2 Å². The number of nitrogens with one attached hydrogen (secondary N) is 2. The number of aromatic nitrogens is 1. The third-order valence-corrected chi connectivity index (χ3v) is 5.16. The van der Waals surface area contributed by atoms with Gasteiger partial charge in [0.05, 0.1) is 12.4 Å². The van der Waals surface area contributed by atoms with E-state index in [2.05, 4.69) is 15.6 Å². The summed E-state index contributed by atoms with van der Waals surface area (Å²) in [5.41, 5.74) is 1.93. The number of hydrogen-bond donors (Lipinski definition) is 2. The molecule has 1 aromatic heterocycles. The Morgan fingerprint density at radius 1 is 1.32 bits per heavy atom. The zero-order valence-corrected chi connectivity index (χ0v) is 16.1. The SMILES string of the molecule is COc1nc(C)ccc1C(=O)NCc1cc(CC2SC(=O)NC2=O)ccc1F. The second-order valence-corrected chi connectivity index (χ2v) is 7.38. The van der Waals surface area contributed by atoms with Crippen molar-refractivity contribution >= 4 is 28.8 Å². The molecule has 1 aromatic carbocycles. The van der Waals surface area contributed by atoms with Gasteiger partial charge in [0.15, 0.2) is 0 Å². The predicted molar refractivity (Wildman–Crippen MR) is 102 cm³/mol. The molecule has 146 valence electrons. The van der Waals surface area contributed by atoms with E-state index < -0.39 is 17.0 Å². The monoisotopic (exact) mass is 403 g/mol. The number of carbonyl (C=O) groups is 3. The number of aryl methyl sites for hydroxylation is 1. The van der Waals surface area contributed by atoms with Crippen LogP contribution in [0.2, 0.25) is 0 Å². The first-order chi connectivity index (χ1) is 13.4. The lowest BCUT2D eigenvalue weighted by molar-refractivity contribution is -0.118. The van der Waals surface area contributed by atoms with Gasteiger partial charge in [-0.2, -0.15) is 0 Å². The molecule has 3 amide bonds. The second-order valence-electron chi connectivity index (χ2n) is 6.21. The van der Waals surface area contributed by atoms with Gasteiger partial charge in [0.25, 0.3) is 11.1 Å². The molecule has 0 bridgehead atoms. The van der Waals surface area contributed by atoms with Crippen molar-refractivity contribution in [3.63, 3.8) is 0 Å². The highest BCUT2D eigenvalue weighted by Gasteiger charge is 2.31. The quantitative estimate of drug-likeness (QED) is 0.769. The number of ether oxygens (including phenoxy) is 1. The Balaban J connectivity index is 1.70. The summed E-state index contributed by atoms with van der Waals surface area (Å²) >= 11 is 0.915. The van der Waals surface area contributed by atoms with Crippen LogP contribution in [0, 0.1) is 12.7 Å². The summed E-state index contributed by atoms with van der Waals surface area (Å²) in [6.45, 7) is 1.74. The Kier molecular flexibility index (Phi) is 5.93. The number of halogens is 1. The van der Waals surface area contributed by atoms with Gasteiger partial charge in [-0.15, -0.1) is 0 Å². The highest BCUT2D eigenvalue weighted by atomic mass is 32.2. The van der Waals surface area contributed by atoms with Crippen LogP contribution >= 0.6 is 11.8 Å². The fourth-order valence-corrected chi connectivity index (χ4v) is 3.62. The Morgan fingerprint density at radius 2 is 2.11 bits per heavy atom. The zero-order valence-electron chi connectivity index (χ0n) is 15.2. The third kappa shape index (κ3) is 4.48. The molecule has 1 atom stereocenters. The van der Waals surface area contributed by atoms with Gasteiger partial charge in [0.1, 0.15) is 11.4 Å². The van der Waals surface area contributed by atoms with Crippen LogP contribution in [0.5, 0.6) is 5.88 Å². The van der Waals surface area contributed by atoms with Crippen molar-refractivity contribution in [3.8, 4) is 5.88 Å². The first-order valence-corrected chi connectivity index (χ1v) is 9.34. The molecule has 9 heteroatoms. The van der Waals surface area contributed by atoms with Crippen molar-refractivity contribution in [2.75, 3.05) is 7.11 Å². The van der Waals surface area contributed by atoms with Crippen LogP contribution in [0.4, 0.5) is 9.18 Å². The van der Waals surface area contributed by atoms with Gasteiger partial charge in [-0.1, -0.05) is 23.9 Å². The van der Waals surface area contributed by atoms with Crippen molar-refractivity contribution in [1.29, 1.82) is 0 Å². The summed E-state index contributed by atoms with van der Waals surface area (Å²) in [4.78, 5) is 39.5. The number of rotatable bonds is 6. The normalized spacial score (nSPS) is 16.0. The molecule has 1 unspecified atom stereocenters. The van der Waals surface area contributed by atoms with Crippen molar-refractivity contribution < 1.29 is 23.5 Å². The molecule has 0 saturated carbocycles. The summed E-state index contributed by atoms with van der Waals surface area (Å²) in [7, 11) is 1.42. The van der Waals surface area contributed by atoms with Crippen LogP contribution < -0.4 is 15.4 Å². The average molecular weight is 403 g/mol. The largest absolute Gasteiger partial charge is 0.480 e. The highest BCUT2D eigenvalue weighted by molar-refractivity contribution is 8.15. The van der Waals surface area contributed by atoms with E-state index in [4.69, 9.17) is 4.74 Å². The summed E-state index contributed by atoms with van der Waals surface area (Å²) in [6, 6.07) is 7.70. The van der Waals surface area contributed by atoms with Crippen LogP contribution in [0.25, 0.3) is 0 Å². The minimum absolute atomic E-state index is 0.0432. The third-order valence-electron chi connectivity index (χ3n) is 4.18. The Morgan fingerprint density at radius 3 is 2.79 bits per heavy atom. The molecule has 0 spiro atoms. The van der Waals surface area contributed by atoms with Crippen LogP contribution in [-0.2, 0) is 17.8 Å². The number of benzene rings is 1. The Labute approximate surface area is 165 Å². The molecule has 1 aliphatic rings. The second kappa shape index (κ2) is 8.39. The molecule has 0 aliphatic carbocycles. The van der Waals surface area contributed by atoms with Crippen LogP contribution in [0.15, 0.2) is 30.3 Å². The van der Waals surface area contributed by atoms with E-state index in [1.807, 2.05) is 0 Å². The van der Waals surface area contributed by atoms with E-state index in [0.717, 1.165) is 11.8 Å². The number of amides is 3. The van der Waals surface area contributed by atoms with E-state index in [0.29, 0.717) is 17.7 Å². The van der Waals surface area contributed by atoms with Crippen molar-refractivity contribution in [1.82, 2.24) is 15.6 Å². The molecule has 2 heterocycles. The lowest BCUT2D eigenvalue weighted by Crippen LogP contribution is -2.26. The van der Waals surface area contributed by atoms with E-state index in [1.54, 1.807) is 31.2 Å². The van der Waals surface area contributed by atoms with Gasteiger partial charge in [-0.25, -0.2) is 9.37 Å². The van der Waals surface area contributed by atoms with Gasteiger partial charge in [-0.3, -0.25) is 19.7 Å². The van der Waals surface area contributed by atoms with Gasteiger partial charge in [-0.05, 0) is 37.1 Å². The standard InChI is InChI=1S/C19H18FN3O4S/c1-10-3-5-13(18(22-10)27-2)16(24)21-9-12-7-11(4-6-14(12)20)8-15-17(25)23-19(26)28-15/h3-7,15H,8-9H2,1-2H3,(H,21,24)(H,23,25,26). The van der Waals surface area contributed by atoms with Crippen molar-refractivity contribution in [2.24, 2.45) is 0 Å². The first-order valence-electron chi connectivity index (χ1n) is 8.46. The molecule has 0 radical (unpaired) electrons. The molecule has 2 N–H and O–H groups in total.